The molecule has 0 unspecified atom stereocenters. The largest absolute Gasteiger partial charge is 0.480 e. The van der Waals surface area contributed by atoms with Crippen molar-refractivity contribution in [2.75, 3.05) is 19.6 Å². The lowest BCUT2D eigenvalue weighted by molar-refractivity contribution is -0.140. The van der Waals surface area contributed by atoms with E-state index in [1.54, 1.807) is 13.8 Å². The lowest BCUT2D eigenvalue weighted by Crippen LogP contribution is -2.56. The van der Waals surface area contributed by atoms with Gasteiger partial charge in [0.25, 0.3) is 0 Å². The van der Waals surface area contributed by atoms with E-state index in [9.17, 15) is 14.4 Å². The average Bonchev–Trinajstić information content (AvgIpc) is 2.24. The molecule has 1 heterocycles. The topological polar surface area (TPSA) is 98.7 Å². The van der Waals surface area contributed by atoms with E-state index in [4.69, 9.17) is 5.11 Å². The number of carboxylic acid groups (broad SMARTS) is 1. The quantitative estimate of drug-likeness (QED) is 0.606. The van der Waals surface area contributed by atoms with Gasteiger partial charge in [-0.3, -0.25) is 4.79 Å². The Morgan fingerprint density at radius 3 is 2.59 bits per heavy atom. The van der Waals surface area contributed by atoms with E-state index in [-0.39, 0.29) is 18.4 Å². The summed E-state index contributed by atoms with van der Waals surface area (Å²) in [4.78, 5) is 35.0. The van der Waals surface area contributed by atoms with E-state index in [1.807, 2.05) is 0 Å². The third-order valence-corrected chi connectivity index (χ3v) is 2.54. The third kappa shape index (κ3) is 3.61. The Hall–Kier alpha value is -1.79. The Morgan fingerprint density at radius 1 is 1.47 bits per heavy atom. The van der Waals surface area contributed by atoms with Crippen molar-refractivity contribution in [1.29, 1.82) is 0 Å². The molecule has 1 fully saturated rings. The summed E-state index contributed by atoms with van der Waals surface area (Å²) in [6, 6.07) is -1.45. The number of urea groups is 1. The minimum Gasteiger partial charge on any atom is -0.480 e. The number of rotatable bonds is 3. The number of nitrogens with zero attached hydrogens (tertiary/aromatic N) is 1. The van der Waals surface area contributed by atoms with Crippen LogP contribution in [0.3, 0.4) is 0 Å². The smallest absolute Gasteiger partial charge is 0.326 e. The van der Waals surface area contributed by atoms with E-state index >= 15 is 0 Å². The summed E-state index contributed by atoms with van der Waals surface area (Å²) in [7, 11) is 0. The van der Waals surface area contributed by atoms with Crippen molar-refractivity contribution >= 4 is 17.9 Å². The van der Waals surface area contributed by atoms with Gasteiger partial charge in [0, 0.05) is 13.1 Å². The molecule has 7 heteroatoms. The first-order chi connectivity index (χ1) is 7.91. The van der Waals surface area contributed by atoms with Crippen LogP contribution in [0, 0.1) is 5.92 Å². The van der Waals surface area contributed by atoms with Gasteiger partial charge >= 0.3 is 12.0 Å². The Bertz CT molecular complexity index is 330. The van der Waals surface area contributed by atoms with Gasteiger partial charge in [0.2, 0.25) is 5.91 Å². The van der Waals surface area contributed by atoms with E-state index < -0.39 is 18.0 Å². The first-order valence-electron chi connectivity index (χ1n) is 5.46. The van der Waals surface area contributed by atoms with Crippen LogP contribution in [-0.2, 0) is 9.59 Å². The predicted octanol–water partition coefficient (Wildman–Crippen LogP) is -0.763. The van der Waals surface area contributed by atoms with Crippen LogP contribution in [0.25, 0.3) is 0 Å². The maximum atomic E-state index is 11.7. The van der Waals surface area contributed by atoms with Crippen LogP contribution in [-0.4, -0.2) is 53.6 Å². The standard InChI is InChI=1S/C10H17N3O4/c1-6(2)8(9(15)16)12-10(17)13-4-3-11-7(14)5-13/h6,8H,3-5H2,1-2H3,(H,11,14)(H,12,17)(H,15,16)/t8-/m0/s1. The number of carboxylic acids is 1. The molecule has 0 aromatic rings. The van der Waals surface area contributed by atoms with Crippen LogP contribution < -0.4 is 10.6 Å². The number of aliphatic carboxylic acids is 1. The first-order valence-corrected chi connectivity index (χ1v) is 5.46. The first kappa shape index (κ1) is 13.3. The summed E-state index contributed by atoms with van der Waals surface area (Å²) >= 11 is 0. The van der Waals surface area contributed by atoms with Crippen LogP contribution >= 0.6 is 0 Å². The monoisotopic (exact) mass is 243 g/mol. The molecule has 17 heavy (non-hydrogen) atoms. The van der Waals surface area contributed by atoms with Crippen molar-refractivity contribution in [3.63, 3.8) is 0 Å². The molecular weight excluding hydrogens is 226 g/mol. The molecule has 3 N–H and O–H groups in total. The summed E-state index contributed by atoms with van der Waals surface area (Å²) in [6.07, 6.45) is 0. The fourth-order valence-electron chi connectivity index (χ4n) is 1.55. The Kier molecular flexibility index (Phi) is 4.30. The average molecular weight is 243 g/mol. The molecule has 3 amide bonds. The van der Waals surface area contributed by atoms with Crippen molar-refractivity contribution < 1.29 is 19.5 Å². The number of hydrogen-bond donors (Lipinski definition) is 3. The fraction of sp³-hybridized carbons (Fsp3) is 0.700. The number of piperazine rings is 1. The van der Waals surface area contributed by atoms with Crippen LogP contribution in [0.4, 0.5) is 4.79 Å². The van der Waals surface area contributed by atoms with E-state index in [0.717, 1.165) is 0 Å². The molecule has 96 valence electrons. The molecule has 1 rings (SSSR count). The molecule has 1 aliphatic rings. The molecule has 0 aliphatic carbocycles. The van der Waals surface area contributed by atoms with Gasteiger partial charge in [0.05, 0.1) is 0 Å². The molecule has 7 nitrogen and oxygen atoms in total. The van der Waals surface area contributed by atoms with Crippen LogP contribution in [0.2, 0.25) is 0 Å². The summed E-state index contributed by atoms with van der Waals surface area (Å²) in [5.41, 5.74) is 0. The zero-order chi connectivity index (χ0) is 13.0. The van der Waals surface area contributed by atoms with Gasteiger partial charge < -0.3 is 20.6 Å². The lowest BCUT2D eigenvalue weighted by atomic mass is 10.1. The summed E-state index contributed by atoms with van der Waals surface area (Å²) in [5.74, 6) is -1.52. The number of hydrogen-bond acceptors (Lipinski definition) is 3. The highest BCUT2D eigenvalue weighted by Gasteiger charge is 2.27. The molecule has 0 aromatic heterocycles. The van der Waals surface area contributed by atoms with E-state index in [2.05, 4.69) is 10.6 Å². The second-order valence-corrected chi connectivity index (χ2v) is 4.28. The van der Waals surface area contributed by atoms with Crippen molar-refractivity contribution in [2.24, 2.45) is 5.92 Å². The normalized spacial score (nSPS) is 17.6. The maximum Gasteiger partial charge on any atom is 0.326 e. The molecule has 0 spiro atoms. The van der Waals surface area contributed by atoms with Gasteiger partial charge in [0.15, 0.2) is 0 Å². The molecule has 0 bridgehead atoms. The molecular formula is C10H17N3O4. The van der Waals surface area contributed by atoms with Crippen LogP contribution in [0.5, 0.6) is 0 Å². The van der Waals surface area contributed by atoms with Gasteiger partial charge in [0.1, 0.15) is 12.6 Å². The number of carbonyl (C=O) groups excluding carboxylic acids is 2. The van der Waals surface area contributed by atoms with Gasteiger partial charge in [-0.1, -0.05) is 13.8 Å². The van der Waals surface area contributed by atoms with Crippen molar-refractivity contribution in [2.45, 2.75) is 19.9 Å². The summed E-state index contributed by atoms with van der Waals surface area (Å²) in [5, 5.41) is 13.9. The minimum atomic E-state index is -1.07. The zero-order valence-electron chi connectivity index (χ0n) is 9.90. The summed E-state index contributed by atoms with van der Waals surface area (Å²) < 4.78 is 0. The molecule has 0 saturated carbocycles. The van der Waals surface area contributed by atoms with Crippen LogP contribution in [0.1, 0.15) is 13.8 Å². The van der Waals surface area contributed by atoms with Gasteiger partial charge in [-0.25, -0.2) is 9.59 Å². The Balaban J connectivity index is 2.57. The molecule has 1 aliphatic heterocycles. The second kappa shape index (κ2) is 5.51. The number of nitrogens with one attached hydrogen (secondary N) is 2. The van der Waals surface area contributed by atoms with Crippen molar-refractivity contribution in [1.82, 2.24) is 15.5 Å². The molecule has 0 aromatic carbocycles. The number of carbonyl (C=O) groups is 3. The highest BCUT2D eigenvalue weighted by atomic mass is 16.4. The lowest BCUT2D eigenvalue weighted by Gasteiger charge is -2.29. The maximum absolute atomic E-state index is 11.7. The van der Waals surface area contributed by atoms with E-state index in [0.29, 0.717) is 13.1 Å². The van der Waals surface area contributed by atoms with Gasteiger partial charge in [-0.2, -0.15) is 0 Å². The zero-order valence-corrected chi connectivity index (χ0v) is 9.90. The highest BCUT2D eigenvalue weighted by Crippen LogP contribution is 2.03. The molecule has 1 atom stereocenters. The Morgan fingerprint density at radius 2 is 2.12 bits per heavy atom. The van der Waals surface area contributed by atoms with Crippen LogP contribution in [0.15, 0.2) is 0 Å². The third-order valence-electron chi connectivity index (χ3n) is 2.54. The van der Waals surface area contributed by atoms with E-state index in [1.165, 1.54) is 4.90 Å². The number of amides is 3. The highest BCUT2D eigenvalue weighted by molar-refractivity contribution is 5.87. The summed E-state index contributed by atoms with van der Waals surface area (Å²) in [6.45, 7) is 4.17. The van der Waals surface area contributed by atoms with Crippen molar-refractivity contribution in [3.05, 3.63) is 0 Å². The minimum absolute atomic E-state index is 0.0315. The molecule has 1 saturated heterocycles. The predicted molar refractivity (Wildman–Crippen MR) is 59.4 cm³/mol. The fourth-order valence-corrected chi connectivity index (χ4v) is 1.55. The SMILES string of the molecule is CC(C)[C@H](NC(=O)N1CCNC(=O)C1)C(=O)O. The van der Waals surface area contributed by atoms with Crippen molar-refractivity contribution in [3.8, 4) is 0 Å². The second-order valence-electron chi connectivity index (χ2n) is 4.28. The van der Waals surface area contributed by atoms with Gasteiger partial charge in [-0.05, 0) is 5.92 Å². The Labute approximate surface area is 99.2 Å². The molecule has 0 radical (unpaired) electrons. The van der Waals surface area contributed by atoms with Gasteiger partial charge in [-0.15, -0.1) is 0 Å².